The summed E-state index contributed by atoms with van der Waals surface area (Å²) < 4.78 is 10.7. The average molecular weight is 329 g/mol. The van der Waals surface area contributed by atoms with Crippen LogP contribution in [0.1, 0.15) is 6.92 Å². The molecule has 3 aromatic rings. The van der Waals surface area contributed by atoms with E-state index in [1.807, 2.05) is 37.3 Å². The van der Waals surface area contributed by atoms with Gasteiger partial charge >= 0.3 is 0 Å². The Labute approximate surface area is 137 Å². The Morgan fingerprint density at radius 2 is 1.96 bits per heavy atom. The molecule has 1 aromatic carbocycles. The topological polar surface area (TPSA) is 72.4 Å². The van der Waals surface area contributed by atoms with Gasteiger partial charge in [-0.3, -0.25) is 4.79 Å². The number of aromatic nitrogens is 2. The van der Waals surface area contributed by atoms with E-state index in [1.54, 1.807) is 24.1 Å². The molecule has 0 fully saturated rings. The molecule has 0 saturated carbocycles. The summed E-state index contributed by atoms with van der Waals surface area (Å²) in [7, 11) is 1.75. The highest BCUT2D eigenvalue weighted by atomic mass is 32.2. The van der Waals surface area contributed by atoms with E-state index in [-0.39, 0.29) is 11.2 Å². The Bertz CT molecular complexity index is 771. The molecule has 118 valence electrons. The molecular weight excluding hydrogens is 314 g/mol. The highest BCUT2D eigenvalue weighted by Gasteiger charge is 2.22. The van der Waals surface area contributed by atoms with Crippen LogP contribution in [0.4, 0.5) is 5.69 Å². The molecule has 0 radical (unpaired) electrons. The summed E-state index contributed by atoms with van der Waals surface area (Å²) in [6.07, 6.45) is 1.54. The first-order chi connectivity index (χ1) is 11.1. The van der Waals surface area contributed by atoms with E-state index in [1.165, 1.54) is 18.0 Å². The van der Waals surface area contributed by atoms with Crippen LogP contribution < -0.4 is 4.90 Å². The summed E-state index contributed by atoms with van der Waals surface area (Å²) in [5, 5.41) is 7.84. The second kappa shape index (κ2) is 6.70. The summed E-state index contributed by atoms with van der Waals surface area (Å²) in [5.41, 5.74) is 0.840. The predicted octanol–water partition coefficient (Wildman–Crippen LogP) is 3.47. The van der Waals surface area contributed by atoms with Crippen molar-refractivity contribution in [1.29, 1.82) is 0 Å². The van der Waals surface area contributed by atoms with Crippen LogP contribution in [0.15, 0.2) is 62.8 Å². The number of furan rings is 1. The standard InChI is InChI=1S/C16H15N3O3S/c1-11(15(20)19(2)12-7-4-3-5-8-12)23-16-18-17-14(22-16)13-9-6-10-21-13/h3-11H,1-2H3. The molecule has 0 bridgehead atoms. The van der Waals surface area contributed by atoms with Crippen molar-refractivity contribution in [2.75, 3.05) is 11.9 Å². The van der Waals surface area contributed by atoms with Crippen LogP contribution in [0.25, 0.3) is 11.7 Å². The molecule has 0 aliphatic carbocycles. The molecule has 0 saturated heterocycles. The lowest BCUT2D eigenvalue weighted by atomic mass is 10.3. The van der Waals surface area contributed by atoms with E-state index >= 15 is 0 Å². The van der Waals surface area contributed by atoms with Crippen LogP contribution in [0, 0.1) is 0 Å². The summed E-state index contributed by atoms with van der Waals surface area (Å²) >= 11 is 1.22. The van der Waals surface area contributed by atoms with Crippen molar-refractivity contribution >= 4 is 23.4 Å². The maximum atomic E-state index is 12.5. The van der Waals surface area contributed by atoms with Gasteiger partial charge in [0.25, 0.3) is 11.1 Å². The molecule has 0 aliphatic rings. The Morgan fingerprint density at radius 3 is 2.65 bits per heavy atom. The smallest absolute Gasteiger partial charge is 0.284 e. The molecule has 2 aromatic heterocycles. The lowest BCUT2D eigenvalue weighted by molar-refractivity contribution is -0.117. The second-order valence-electron chi connectivity index (χ2n) is 4.84. The van der Waals surface area contributed by atoms with Crippen molar-refractivity contribution in [3.8, 4) is 11.7 Å². The van der Waals surface area contributed by atoms with Crippen LogP contribution in [0.3, 0.4) is 0 Å². The number of carbonyl (C=O) groups is 1. The van der Waals surface area contributed by atoms with Gasteiger partial charge in [0.15, 0.2) is 5.76 Å². The van der Waals surface area contributed by atoms with E-state index in [0.717, 1.165) is 5.69 Å². The number of para-hydroxylation sites is 1. The lowest BCUT2D eigenvalue weighted by Gasteiger charge is -2.20. The third kappa shape index (κ3) is 3.45. The molecule has 0 aliphatic heterocycles. The van der Waals surface area contributed by atoms with Gasteiger partial charge < -0.3 is 13.7 Å². The van der Waals surface area contributed by atoms with Crippen LogP contribution in [-0.2, 0) is 4.79 Å². The zero-order valence-corrected chi connectivity index (χ0v) is 13.5. The number of carbonyl (C=O) groups excluding carboxylic acids is 1. The van der Waals surface area contributed by atoms with Gasteiger partial charge in [-0.2, -0.15) is 0 Å². The van der Waals surface area contributed by atoms with Crippen molar-refractivity contribution in [1.82, 2.24) is 10.2 Å². The monoisotopic (exact) mass is 329 g/mol. The summed E-state index contributed by atoms with van der Waals surface area (Å²) in [6.45, 7) is 1.81. The van der Waals surface area contributed by atoms with Crippen LogP contribution in [0.5, 0.6) is 0 Å². The number of amides is 1. The lowest BCUT2D eigenvalue weighted by Crippen LogP contribution is -2.33. The molecule has 0 N–H and O–H groups in total. The van der Waals surface area contributed by atoms with Gasteiger partial charge in [0.1, 0.15) is 0 Å². The number of hydrogen-bond donors (Lipinski definition) is 0. The number of hydrogen-bond acceptors (Lipinski definition) is 6. The number of benzene rings is 1. The third-order valence-electron chi connectivity index (χ3n) is 3.24. The second-order valence-corrected chi connectivity index (χ2v) is 6.14. The average Bonchev–Trinajstić information content (AvgIpc) is 3.25. The zero-order chi connectivity index (χ0) is 16.2. The normalized spacial score (nSPS) is 12.1. The van der Waals surface area contributed by atoms with Gasteiger partial charge in [-0.15, -0.1) is 10.2 Å². The minimum Gasteiger partial charge on any atom is -0.459 e. The van der Waals surface area contributed by atoms with E-state index in [0.29, 0.717) is 16.9 Å². The molecule has 2 heterocycles. The van der Waals surface area contributed by atoms with Gasteiger partial charge in [0, 0.05) is 12.7 Å². The Morgan fingerprint density at radius 1 is 1.17 bits per heavy atom. The van der Waals surface area contributed by atoms with Crippen LogP contribution >= 0.6 is 11.8 Å². The van der Waals surface area contributed by atoms with Gasteiger partial charge in [-0.1, -0.05) is 30.0 Å². The fourth-order valence-electron chi connectivity index (χ4n) is 2.01. The Hall–Kier alpha value is -2.54. The van der Waals surface area contributed by atoms with Crippen molar-refractivity contribution in [3.63, 3.8) is 0 Å². The third-order valence-corrected chi connectivity index (χ3v) is 4.16. The van der Waals surface area contributed by atoms with Crippen molar-refractivity contribution in [2.45, 2.75) is 17.4 Å². The molecule has 0 spiro atoms. The minimum atomic E-state index is -0.356. The molecule has 7 heteroatoms. The Balaban J connectivity index is 1.67. The maximum Gasteiger partial charge on any atom is 0.284 e. The van der Waals surface area contributed by atoms with Gasteiger partial charge in [-0.25, -0.2) is 0 Å². The van der Waals surface area contributed by atoms with E-state index in [2.05, 4.69) is 10.2 Å². The first-order valence-electron chi connectivity index (χ1n) is 7.02. The fourth-order valence-corrected chi connectivity index (χ4v) is 2.79. The summed E-state index contributed by atoms with van der Waals surface area (Å²) in [5.74, 6) is 0.761. The van der Waals surface area contributed by atoms with Gasteiger partial charge in [-0.05, 0) is 31.2 Å². The molecule has 1 atom stereocenters. The number of anilines is 1. The number of thioether (sulfide) groups is 1. The highest BCUT2D eigenvalue weighted by Crippen LogP contribution is 2.27. The van der Waals surface area contributed by atoms with Crippen molar-refractivity contribution in [3.05, 3.63) is 48.7 Å². The Kier molecular flexibility index (Phi) is 4.47. The van der Waals surface area contributed by atoms with Crippen LogP contribution in [-0.4, -0.2) is 28.4 Å². The predicted molar refractivity (Wildman–Crippen MR) is 87.2 cm³/mol. The van der Waals surface area contributed by atoms with Gasteiger partial charge in [0.2, 0.25) is 5.91 Å². The van der Waals surface area contributed by atoms with E-state index in [4.69, 9.17) is 8.83 Å². The molecule has 1 unspecified atom stereocenters. The maximum absolute atomic E-state index is 12.5. The fraction of sp³-hybridized carbons (Fsp3) is 0.188. The first-order valence-corrected chi connectivity index (χ1v) is 7.90. The summed E-state index contributed by atoms with van der Waals surface area (Å²) in [6, 6.07) is 12.9. The largest absolute Gasteiger partial charge is 0.459 e. The number of nitrogens with zero attached hydrogens (tertiary/aromatic N) is 3. The molecule has 3 rings (SSSR count). The van der Waals surface area contributed by atoms with Crippen molar-refractivity contribution < 1.29 is 13.6 Å². The van der Waals surface area contributed by atoms with Crippen molar-refractivity contribution in [2.24, 2.45) is 0 Å². The number of rotatable bonds is 5. The quantitative estimate of drug-likeness (QED) is 0.667. The zero-order valence-electron chi connectivity index (χ0n) is 12.7. The molecule has 6 nitrogen and oxygen atoms in total. The van der Waals surface area contributed by atoms with Crippen LogP contribution in [0.2, 0.25) is 0 Å². The van der Waals surface area contributed by atoms with E-state index < -0.39 is 0 Å². The van der Waals surface area contributed by atoms with E-state index in [9.17, 15) is 4.79 Å². The molecule has 23 heavy (non-hydrogen) atoms. The minimum absolute atomic E-state index is 0.0426. The first kappa shape index (κ1) is 15.4. The SMILES string of the molecule is CC(Sc1nnc(-c2ccco2)o1)C(=O)N(C)c1ccccc1. The highest BCUT2D eigenvalue weighted by molar-refractivity contribution is 8.00. The molecular formula is C16H15N3O3S. The summed E-state index contributed by atoms with van der Waals surface area (Å²) in [4.78, 5) is 14.1. The van der Waals surface area contributed by atoms with Gasteiger partial charge in [0.05, 0.1) is 11.5 Å². The molecule has 1 amide bonds.